The average molecular weight is 331 g/mol. The summed E-state index contributed by atoms with van der Waals surface area (Å²) in [4.78, 5) is 42.8. The number of nitrogens with zero attached hydrogens (tertiary/aromatic N) is 3. The van der Waals surface area contributed by atoms with Gasteiger partial charge in [0.1, 0.15) is 11.6 Å². The number of carbonyl (C=O) groups is 3. The van der Waals surface area contributed by atoms with Crippen LogP contribution in [0.15, 0.2) is 24.3 Å². The molecular weight excluding hydrogens is 314 g/mol. The predicted molar refractivity (Wildman–Crippen MR) is 86.8 cm³/mol. The molecule has 7 heteroatoms. The summed E-state index contributed by atoms with van der Waals surface area (Å²) in [7, 11) is 1.67. The maximum Gasteiger partial charge on any atom is 0.243 e. The summed E-state index contributed by atoms with van der Waals surface area (Å²) in [6.45, 7) is 1.70. The Morgan fingerprint density at radius 2 is 1.96 bits per heavy atom. The Morgan fingerprint density at radius 3 is 2.61 bits per heavy atom. The van der Waals surface area contributed by atoms with E-state index in [1.54, 1.807) is 18.4 Å². The normalized spacial score (nSPS) is 16.2. The third kappa shape index (κ3) is 2.96. The van der Waals surface area contributed by atoms with Crippen molar-refractivity contribution in [3.63, 3.8) is 0 Å². The number of benzene rings is 1. The lowest BCUT2D eigenvalue weighted by Gasteiger charge is -2.25. The first-order valence-electron chi connectivity index (χ1n) is 7.41. The lowest BCUT2D eigenvalue weighted by atomic mass is 10.3. The Hall–Kier alpha value is -2.28. The largest absolute Gasteiger partial charge is 0.335 e. The highest BCUT2D eigenvalue weighted by Gasteiger charge is 2.32. The van der Waals surface area contributed by atoms with Crippen LogP contribution >= 0.6 is 11.3 Å². The summed E-state index contributed by atoms with van der Waals surface area (Å²) >= 11 is 1.54. The van der Waals surface area contributed by atoms with Gasteiger partial charge in [-0.3, -0.25) is 19.3 Å². The van der Waals surface area contributed by atoms with Crippen LogP contribution in [0, 0.1) is 0 Å². The molecule has 23 heavy (non-hydrogen) atoms. The van der Waals surface area contributed by atoms with Crippen LogP contribution in [-0.2, 0) is 14.4 Å². The number of likely N-dealkylation sites (N-methyl/N-ethyl adjacent to an activating group) is 1. The summed E-state index contributed by atoms with van der Waals surface area (Å²) in [5.74, 6) is -0.811. The predicted octanol–water partition coefficient (Wildman–Crippen LogP) is 1.96. The highest BCUT2D eigenvalue weighted by atomic mass is 32.1. The van der Waals surface area contributed by atoms with Gasteiger partial charge in [-0.15, -0.1) is 11.3 Å². The van der Waals surface area contributed by atoms with Crippen molar-refractivity contribution in [3.8, 4) is 0 Å². The molecule has 3 amide bonds. The summed E-state index contributed by atoms with van der Waals surface area (Å²) in [5, 5.41) is 0.834. The minimum absolute atomic E-state index is 0.191. The Kier molecular flexibility index (Phi) is 4.12. The minimum Gasteiger partial charge on any atom is -0.335 e. The minimum atomic E-state index is -0.274. The number of carbonyl (C=O) groups excluding carboxylic acids is 3. The number of hydrogen-bond donors (Lipinski definition) is 0. The van der Waals surface area contributed by atoms with E-state index in [1.165, 1.54) is 4.90 Å². The first-order chi connectivity index (χ1) is 11.0. The van der Waals surface area contributed by atoms with E-state index in [4.69, 9.17) is 0 Å². The smallest absolute Gasteiger partial charge is 0.243 e. The third-order valence-electron chi connectivity index (χ3n) is 4.09. The fourth-order valence-electron chi connectivity index (χ4n) is 2.50. The van der Waals surface area contributed by atoms with Gasteiger partial charge in [0.25, 0.3) is 0 Å². The quantitative estimate of drug-likeness (QED) is 0.803. The number of hydrogen-bond acceptors (Lipinski definition) is 5. The van der Waals surface area contributed by atoms with Crippen molar-refractivity contribution in [3.05, 3.63) is 29.3 Å². The number of fused-ring (bicyclic) bond motifs is 1. The van der Waals surface area contributed by atoms with Crippen LogP contribution in [-0.4, -0.2) is 46.1 Å². The number of para-hydroxylation sites is 1. The molecule has 1 atom stereocenters. The maximum absolute atomic E-state index is 12.4. The van der Waals surface area contributed by atoms with Crippen molar-refractivity contribution in [2.45, 2.75) is 25.8 Å². The zero-order chi connectivity index (χ0) is 16.6. The number of aromatic nitrogens is 1. The number of thiazole rings is 1. The standard InChI is InChI=1S/C16H17N3O3S/c1-10(16-17-11-5-3-4-6-12(11)23-16)18(2)15(22)9-19-13(20)7-8-14(19)21/h3-6,10H,7-9H2,1-2H3/t10-/m1/s1. The molecule has 0 aliphatic carbocycles. The molecule has 2 heterocycles. The van der Waals surface area contributed by atoms with Crippen LogP contribution < -0.4 is 0 Å². The van der Waals surface area contributed by atoms with E-state index in [9.17, 15) is 14.4 Å². The monoisotopic (exact) mass is 331 g/mol. The van der Waals surface area contributed by atoms with Crippen molar-refractivity contribution in [1.29, 1.82) is 0 Å². The van der Waals surface area contributed by atoms with Gasteiger partial charge in [0.05, 0.1) is 16.3 Å². The zero-order valence-corrected chi connectivity index (χ0v) is 13.8. The first kappa shape index (κ1) is 15.6. The van der Waals surface area contributed by atoms with Gasteiger partial charge in [-0.25, -0.2) is 4.98 Å². The van der Waals surface area contributed by atoms with E-state index in [0.717, 1.165) is 20.1 Å². The Morgan fingerprint density at radius 1 is 1.30 bits per heavy atom. The SMILES string of the molecule is C[C@H](c1nc2ccccc2s1)N(C)C(=O)CN1C(=O)CCC1=O. The molecule has 6 nitrogen and oxygen atoms in total. The average Bonchev–Trinajstić information content (AvgIpc) is 3.11. The van der Waals surface area contributed by atoms with Crippen LogP contribution in [0.5, 0.6) is 0 Å². The van der Waals surface area contributed by atoms with E-state index in [2.05, 4.69) is 4.98 Å². The van der Waals surface area contributed by atoms with E-state index in [1.807, 2.05) is 31.2 Å². The van der Waals surface area contributed by atoms with E-state index < -0.39 is 0 Å². The number of amides is 3. The highest BCUT2D eigenvalue weighted by Crippen LogP contribution is 2.29. The fraction of sp³-hybridized carbons (Fsp3) is 0.375. The maximum atomic E-state index is 12.4. The summed E-state index contributed by atoms with van der Waals surface area (Å²) in [6, 6.07) is 7.59. The summed E-state index contributed by atoms with van der Waals surface area (Å²) < 4.78 is 1.07. The number of likely N-dealkylation sites (tertiary alicyclic amines) is 1. The molecule has 1 saturated heterocycles. The van der Waals surface area contributed by atoms with Crippen molar-refractivity contribution in [1.82, 2.24) is 14.8 Å². The first-order valence-corrected chi connectivity index (χ1v) is 8.23. The Labute approximate surface area is 137 Å². The highest BCUT2D eigenvalue weighted by molar-refractivity contribution is 7.18. The van der Waals surface area contributed by atoms with Gasteiger partial charge >= 0.3 is 0 Å². The Balaban J connectivity index is 1.73. The zero-order valence-electron chi connectivity index (χ0n) is 13.0. The molecule has 1 fully saturated rings. The lowest BCUT2D eigenvalue weighted by Crippen LogP contribution is -2.41. The van der Waals surface area contributed by atoms with Crippen LogP contribution in [0.3, 0.4) is 0 Å². The van der Waals surface area contributed by atoms with Crippen molar-refractivity contribution in [2.75, 3.05) is 13.6 Å². The molecule has 0 spiro atoms. The third-order valence-corrected chi connectivity index (χ3v) is 5.30. The molecule has 0 unspecified atom stereocenters. The number of rotatable bonds is 4. The molecular formula is C16H17N3O3S. The second-order valence-electron chi connectivity index (χ2n) is 5.57. The summed E-state index contributed by atoms with van der Waals surface area (Å²) in [6.07, 6.45) is 0.395. The van der Waals surface area contributed by atoms with E-state index >= 15 is 0 Å². The molecule has 120 valence electrons. The van der Waals surface area contributed by atoms with Gasteiger partial charge in [-0.2, -0.15) is 0 Å². The lowest BCUT2D eigenvalue weighted by molar-refractivity contribution is -0.145. The molecule has 0 bridgehead atoms. The molecule has 3 rings (SSSR count). The van der Waals surface area contributed by atoms with Crippen molar-refractivity contribution >= 4 is 39.3 Å². The molecule has 1 aliphatic heterocycles. The topological polar surface area (TPSA) is 70.6 Å². The van der Waals surface area contributed by atoms with Gasteiger partial charge in [-0.05, 0) is 19.1 Å². The molecule has 0 radical (unpaired) electrons. The van der Waals surface area contributed by atoms with Gasteiger partial charge in [0.2, 0.25) is 17.7 Å². The van der Waals surface area contributed by atoms with E-state index in [-0.39, 0.29) is 43.1 Å². The van der Waals surface area contributed by atoms with Gasteiger partial charge < -0.3 is 4.90 Å². The second-order valence-corrected chi connectivity index (χ2v) is 6.64. The second kappa shape index (κ2) is 6.08. The van der Waals surface area contributed by atoms with Crippen LogP contribution in [0.4, 0.5) is 0 Å². The molecule has 1 aromatic heterocycles. The van der Waals surface area contributed by atoms with Crippen molar-refractivity contribution < 1.29 is 14.4 Å². The molecule has 1 aliphatic rings. The molecule has 2 aromatic rings. The fourth-order valence-corrected chi connectivity index (χ4v) is 3.56. The van der Waals surface area contributed by atoms with Crippen LogP contribution in [0.2, 0.25) is 0 Å². The van der Waals surface area contributed by atoms with Gasteiger partial charge in [0.15, 0.2) is 0 Å². The van der Waals surface area contributed by atoms with Crippen LogP contribution in [0.1, 0.15) is 30.8 Å². The molecule has 0 N–H and O–H groups in total. The molecule has 0 saturated carbocycles. The van der Waals surface area contributed by atoms with Crippen LogP contribution in [0.25, 0.3) is 10.2 Å². The van der Waals surface area contributed by atoms with Gasteiger partial charge in [-0.1, -0.05) is 12.1 Å². The number of imide groups is 1. The van der Waals surface area contributed by atoms with Crippen molar-refractivity contribution in [2.24, 2.45) is 0 Å². The Bertz CT molecular complexity index is 737. The summed E-state index contributed by atoms with van der Waals surface area (Å²) in [5.41, 5.74) is 0.907. The van der Waals surface area contributed by atoms with Gasteiger partial charge in [0, 0.05) is 19.9 Å². The molecule has 1 aromatic carbocycles. The van der Waals surface area contributed by atoms with E-state index in [0.29, 0.717) is 0 Å².